The first-order valence-electron chi connectivity index (χ1n) is 7.37. The zero-order chi connectivity index (χ0) is 15.0. The highest BCUT2D eigenvalue weighted by atomic mass is 19.1. The third kappa shape index (κ3) is 2.94. The molecule has 0 saturated carbocycles. The highest BCUT2D eigenvalue weighted by Gasteiger charge is 2.45. The van der Waals surface area contributed by atoms with Gasteiger partial charge in [0.05, 0.1) is 18.1 Å². The Morgan fingerprint density at radius 2 is 2.14 bits per heavy atom. The van der Waals surface area contributed by atoms with E-state index in [-0.39, 0.29) is 29.9 Å². The quantitative estimate of drug-likeness (QED) is 0.846. The fourth-order valence-electron chi connectivity index (χ4n) is 3.33. The van der Waals surface area contributed by atoms with Crippen LogP contribution in [0, 0.1) is 11.7 Å². The lowest BCUT2D eigenvalue weighted by atomic mass is 9.99. The second kappa shape index (κ2) is 5.73. The Morgan fingerprint density at radius 1 is 1.38 bits per heavy atom. The van der Waals surface area contributed by atoms with Crippen molar-refractivity contribution in [3.63, 3.8) is 0 Å². The van der Waals surface area contributed by atoms with Crippen LogP contribution in [0.25, 0.3) is 0 Å². The third-order valence-corrected chi connectivity index (χ3v) is 4.34. The number of hydrogen-bond acceptors (Lipinski definition) is 3. The van der Waals surface area contributed by atoms with Gasteiger partial charge in [-0.1, -0.05) is 18.2 Å². The first kappa shape index (κ1) is 14.5. The van der Waals surface area contributed by atoms with Gasteiger partial charge in [0, 0.05) is 39.3 Å². The minimum absolute atomic E-state index is 0.0596. The summed E-state index contributed by atoms with van der Waals surface area (Å²) in [4.78, 5) is 16.0. The molecule has 3 atom stereocenters. The Balaban J connectivity index is 1.67. The number of benzene rings is 1. The Hall–Kier alpha value is -1.46. The summed E-state index contributed by atoms with van der Waals surface area (Å²) in [7, 11) is 3.56. The van der Waals surface area contributed by atoms with Gasteiger partial charge in [0.1, 0.15) is 5.82 Å². The molecule has 0 spiro atoms. The second-order valence-electron chi connectivity index (χ2n) is 6.16. The molecule has 2 aliphatic heterocycles. The van der Waals surface area contributed by atoms with Gasteiger partial charge in [-0.25, -0.2) is 4.39 Å². The van der Waals surface area contributed by atoms with Gasteiger partial charge < -0.3 is 9.64 Å². The van der Waals surface area contributed by atoms with Gasteiger partial charge in [0.25, 0.3) is 0 Å². The van der Waals surface area contributed by atoms with Crippen LogP contribution < -0.4 is 0 Å². The summed E-state index contributed by atoms with van der Waals surface area (Å²) in [6.07, 6.45) is 0.796. The smallest absolute Gasteiger partial charge is 0.227 e. The van der Waals surface area contributed by atoms with Crippen molar-refractivity contribution < 1.29 is 13.9 Å². The van der Waals surface area contributed by atoms with Crippen molar-refractivity contribution in [1.82, 2.24) is 9.80 Å². The van der Waals surface area contributed by atoms with Crippen molar-refractivity contribution in [2.24, 2.45) is 5.92 Å². The van der Waals surface area contributed by atoms with Crippen LogP contribution in [0.5, 0.6) is 0 Å². The normalized spacial score (nSPS) is 28.6. The van der Waals surface area contributed by atoms with Crippen molar-refractivity contribution in [1.29, 1.82) is 0 Å². The van der Waals surface area contributed by atoms with Gasteiger partial charge in [-0.3, -0.25) is 9.69 Å². The Morgan fingerprint density at radius 3 is 2.86 bits per heavy atom. The number of carbonyl (C=O) groups is 1. The largest absolute Gasteiger partial charge is 0.371 e. The van der Waals surface area contributed by atoms with Gasteiger partial charge in [0.2, 0.25) is 5.91 Å². The second-order valence-corrected chi connectivity index (χ2v) is 6.16. The van der Waals surface area contributed by atoms with E-state index in [1.54, 1.807) is 25.1 Å². The fraction of sp³-hybridized carbons (Fsp3) is 0.562. The summed E-state index contributed by atoms with van der Waals surface area (Å²) in [5.41, 5.74) is 0.703. The molecule has 2 bridgehead atoms. The number of fused-ring (bicyclic) bond motifs is 2. The molecular formula is C16H21FN2O2. The summed E-state index contributed by atoms with van der Waals surface area (Å²) in [5, 5.41) is 0. The molecule has 0 aliphatic carbocycles. The summed E-state index contributed by atoms with van der Waals surface area (Å²) in [6.45, 7) is 2.03. The molecule has 1 amide bonds. The lowest BCUT2D eigenvalue weighted by Crippen LogP contribution is -2.44. The molecule has 0 aromatic heterocycles. The molecule has 2 heterocycles. The standard InChI is InChI=1S/C16H21FN2O2/c1-18(2)16(20)13-7-12-9-19(10-15(13)21-12)8-11-5-3-4-6-14(11)17/h3-6,12-13,15H,7-10H2,1-2H3/t12-,13+,15-/m0/s1. The van der Waals surface area contributed by atoms with Crippen LogP contribution in [0.4, 0.5) is 4.39 Å². The van der Waals surface area contributed by atoms with Gasteiger partial charge in [-0.2, -0.15) is 0 Å². The Labute approximate surface area is 124 Å². The minimum Gasteiger partial charge on any atom is -0.371 e. The van der Waals surface area contributed by atoms with Crippen LogP contribution in [0.1, 0.15) is 12.0 Å². The monoisotopic (exact) mass is 292 g/mol. The van der Waals surface area contributed by atoms with E-state index in [1.807, 2.05) is 12.1 Å². The topological polar surface area (TPSA) is 32.8 Å². The summed E-state index contributed by atoms with van der Waals surface area (Å²) in [5.74, 6) is -0.0943. The average Bonchev–Trinajstić information content (AvgIpc) is 2.75. The molecule has 0 radical (unpaired) electrons. The number of morpholine rings is 1. The molecule has 2 aliphatic rings. The van der Waals surface area contributed by atoms with E-state index in [9.17, 15) is 9.18 Å². The molecular weight excluding hydrogens is 271 g/mol. The van der Waals surface area contributed by atoms with Crippen molar-refractivity contribution in [3.05, 3.63) is 35.6 Å². The molecule has 5 heteroatoms. The third-order valence-electron chi connectivity index (χ3n) is 4.34. The van der Waals surface area contributed by atoms with Gasteiger partial charge in [0.15, 0.2) is 0 Å². The molecule has 0 unspecified atom stereocenters. The predicted molar refractivity (Wildman–Crippen MR) is 77.1 cm³/mol. The van der Waals surface area contributed by atoms with E-state index in [1.165, 1.54) is 6.07 Å². The minimum atomic E-state index is -0.169. The van der Waals surface area contributed by atoms with E-state index in [0.29, 0.717) is 18.7 Å². The maximum absolute atomic E-state index is 13.7. The predicted octanol–water partition coefficient (Wildman–Crippen LogP) is 1.50. The molecule has 0 N–H and O–H groups in total. The molecule has 114 valence electrons. The van der Waals surface area contributed by atoms with Crippen LogP contribution in [0.2, 0.25) is 0 Å². The van der Waals surface area contributed by atoms with Crippen LogP contribution in [-0.4, -0.2) is 55.1 Å². The molecule has 3 rings (SSSR count). The van der Waals surface area contributed by atoms with E-state index < -0.39 is 0 Å². The fourth-order valence-corrected chi connectivity index (χ4v) is 3.33. The number of carbonyl (C=O) groups excluding carboxylic acids is 1. The highest BCUT2D eigenvalue weighted by molar-refractivity contribution is 5.79. The first-order chi connectivity index (χ1) is 10.0. The van der Waals surface area contributed by atoms with Crippen LogP contribution in [-0.2, 0) is 16.1 Å². The number of rotatable bonds is 3. The van der Waals surface area contributed by atoms with E-state index >= 15 is 0 Å². The van der Waals surface area contributed by atoms with Crippen molar-refractivity contribution >= 4 is 5.91 Å². The average molecular weight is 292 g/mol. The van der Waals surface area contributed by atoms with Crippen molar-refractivity contribution in [3.8, 4) is 0 Å². The van der Waals surface area contributed by atoms with Crippen LogP contribution in [0.3, 0.4) is 0 Å². The zero-order valence-corrected chi connectivity index (χ0v) is 12.5. The SMILES string of the molecule is CN(C)C(=O)[C@@H]1C[C@H]2CN(Cc3ccccc3F)C[C@@H]1O2. The summed E-state index contributed by atoms with van der Waals surface area (Å²) >= 11 is 0. The highest BCUT2D eigenvalue weighted by Crippen LogP contribution is 2.33. The molecule has 1 aromatic rings. The van der Waals surface area contributed by atoms with Gasteiger partial charge in [-0.05, 0) is 12.5 Å². The number of halogens is 1. The van der Waals surface area contributed by atoms with Gasteiger partial charge in [-0.15, -0.1) is 0 Å². The molecule has 2 fully saturated rings. The van der Waals surface area contributed by atoms with Crippen molar-refractivity contribution in [2.45, 2.75) is 25.2 Å². The zero-order valence-electron chi connectivity index (χ0n) is 12.5. The number of ether oxygens (including phenoxy) is 1. The first-order valence-corrected chi connectivity index (χ1v) is 7.37. The Bertz CT molecular complexity index is 535. The molecule has 1 aromatic carbocycles. The van der Waals surface area contributed by atoms with E-state index in [2.05, 4.69) is 4.90 Å². The number of nitrogens with zero attached hydrogens (tertiary/aromatic N) is 2. The van der Waals surface area contributed by atoms with E-state index in [0.717, 1.165) is 13.0 Å². The number of amides is 1. The van der Waals surface area contributed by atoms with Crippen LogP contribution in [0.15, 0.2) is 24.3 Å². The van der Waals surface area contributed by atoms with Gasteiger partial charge >= 0.3 is 0 Å². The van der Waals surface area contributed by atoms with E-state index in [4.69, 9.17) is 4.74 Å². The van der Waals surface area contributed by atoms with Crippen LogP contribution >= 0.6 is 0 Å². The molecule has 2 saturated heterocycles. The number of hydrogen-bond donors (Lipinski definition) is 0. The molecule has 4 nitrogen and oxygen atoms in total. The maximum Gasteiger partial charge on any atom is 0.227 e. The molecule has 21 heavy (non-hydrogen) atoms. The summed E-state index contributed by atoms with van der Waals surface area (Å²) in [6, 6.07) is 6.86. The summed E-state index contributed by atoms with van der Waals surface area (Å²) < 4.78 is 19.6. The lowest BCUT2D eigenvalue weighted by Gasteiger charge is -2.33. The maximum atomic E-state index is 13.7. The van der Waals surface area contributed by atoms with Crippen molar-refractivity contribution in [2.75, 3.05) is 27.2 Å². The lowest BCUT2D eigenvalue weighted by molar-refractivity contribution is -0.136. The Kier molecular flexibility index (Phi) is 3.95. The number of likely N-dealkylation sites (tertiary alicyclic amines) is 1.